The first-order valence-electron chi connectivity index (χ1n) is 6.56. The van der Waals surface area contributed by atoms with Crippen molar-refractivity contribution < 1.29 is 9.53 Å². The second kappa shape index (κ2) is 15.1. The highest BCUT2D eigenvalue weighted by molar-refractivity contribution is 7.98. The van der Waals surface area contributed by atoms with Crippen molar-refractivity contribution in [3.63, 3.8) is 0 Å². The van der Waals surface area contributed by atoms with Gasteiger partial charge in [-0.25, -0.2) is 0 Å². The van der Waals surface area contributed by atoms with Crippen LogP contribution in [0.3, 0.4) is 0 Å². The molecule has 0 saturated carbocycles. The van der Waals surface area contributed by atoms with Gasteiger partial charge in [-0.1, -0.05) is 59.1 Å². The van der Waals surface area contributed by atoms with Crippen molar-refractivity contribution in [1.82, 2.24) is 4.72 Å². The first kappa shape index (κ1) is 20.3. The zero-order chi connectivity index (χ0) is 15.1. The molecule has 0 spiro atoms. The molecule has 1 N–H and O–H groups in total. The van der Waals surface area contributed by atoms with Crippen molar-refractivity contribution in [3.8, 4) is 0 Å². The maximum absolute atomic E-state index is 11.3. The minimum absolute atomic E-state index is 0.00319. The Morgan fingerprint density at radius 1 is 1.37 bits per heavy atom. The molecule has 0 aromatic heterocycles. The van der Waals surface area contributed by atoms with Crippen LogP contribution in [0.1, 0.15) is 34.1 Å². The van der Waals surface area contributed by atoms with E-state index in [-0.39, 0.29) is 5.91 Å². The third-order valence-electron chi connectivity index (χ3n) is 1.74. The van der Waals surface area contributed by atoms with Crippen LogP contribution in [0.4, 0.5) is 0 Å². The summed E-state index contributed by atoms with van der Waals surface area (Å²) in [6.07, 6.45) is 5.61. The molecule has 0 fully saturated rings. The van der Waals surface area contributed by atoms with Crippen molar-refractivity contribution in [2.24, 2.45) is 0 Å². The topological polar surface area (TPSA) is 38.3 Å². The minimum Gasteiger partial charge on any atom is -0.376 e. The van der Waals surface area contributed by atoms with E-state index in [1.165, 1.54) is 11.9 Å². The number of ether oxygens (including phenoxy) is 1. The Kier molecular flexibility index (Phi) is 16.1. The number of carbonyl (C=O) groups is 1. The Balaban J connectivity index is 0. The molecule has 4 heteroatoms. The van der Waals surface area contributed by atoms with E-state index in [4.69, 9.17) is 4.74 Å². The normalized spacial score (nSPS) is 10.5. The highest BCUT2D eigenvalue weighted by atomic mass is 32.2. The Bertz CT molecular complexity index is 286. The fourth-order valence-electron chi connectivity index (χ4n) is 0.916. The lowest BCUT2D eigenvalue weighted by atomic mass is 10.2. The fourth-order valence-corrected chi connectivity index (χ4v) is 1.39. The van der Waals surface area contributed by atoms with E-state index in [0.29, 0.717) is 24.9 Å². The van der Waals surface area contributed by atoms with Crippen molar-refractivity contribution in [1.29, 1.82) is 0 Å². The third-order valence-corrected chi connectivity index (χ3v) is 2.56. The Morgan fingerprint density at radius 3 is 2.47 bits per heavy atom. The van der Waals surface area contributed by atoms with Crippen molar-refractivity contribution >= 4 is 17.9 Å². The van der Waals surface area contributed by atoms with E-state index in [9.17, 15) is 4.79 Å². The number of nitrogens with one attached hydrogen (secondary N) is 1. The van der Waals surface area contributed by atoms with E-state index in [0.717, 1.165) is 5.57 Å². The van der Waals surface area contributed by atoms with Gasteiger partial charge < -0.3 is 4.74 Å². The van der Waals surface area contributed by atoms with E-state index >= 15 is 0 Å². The molecule has 110 valence electrons. The third kappa shape index (κ3) is 14.9. The molecule has 0 aliphatic rings. The quantitative estimate of drug-likeness (QED) is 0.397. The van der Waals surface area contributed by atoms with Gasteiger partial charge in [-0.05, 0) is 17.5 Å². The molecule has 0 rings (SSSR count). The zero-order valence-electron chi connectivity index (χ0n) is 12.6. The summed E-state index contributed by atoms with van der Waals surface area (Å²) >= 11 is 1.42. The van der Waals surface area contributed by atoms with Crippen molar-refractivity contribution in [2.45, 2.75) is 39.4 Å². The summed E-state index contributed by atoms with van der Waals surface area (Å²) in [5.41, 5.74) is 0.956. The minimum atomic E-state index is -0.00319. The van der Waals surface area contributed by atoms with Crippen molar-refractivity contribution in [3.05, 3.63) is 37.0 Å². The Labute approximate surface area is 122 Å². The molecule has 1 amide bonds. The molecule has 0 aliphatic carbocycles. The second-order valence-electron chi connectivity index (χ2n) is 3.68. The van der Waals surface area contributed by atoms with Crippen LogP contribution in [-0.2, 0) is 9.53 Å². The largest absolute Gasteiger partial charge is 0.376 e. The average molecular weight is 285 g/mol. The molecule has 0 bridgehead atoms. The van der Waals surface area contributed by atoms with E-state index in [1.54, 1.807) is 12.2 Å². The highest BCUT2D eigenvalue weighted by Gasteiger charge is 2.02. The van der Waals surface area contributed by atoms with Crippen LogP contribution in [0.2, 0.25) is 0 Å². The zero-order valence-corrected chi connectivity index (χ0v) is 13.4. The van der Waals surface area contributed by atoms with E-state index < -0.39 is 0 Å². The fraction of sp³-hybridized carbons (Fsp3) is 0.533. The van der Waals surface area contributed by atoms with Gasteiger partial charge in [-0.15, -0.1) is 0 Å². The second-order valence-corrected chi connectivity index (χ2v) is 5.06. The van der Waals surface area contributed by atoms with Gasteiger partial charge in [0, 0.05) is 5.25 Å². The molecule has 0 aromatic rings. The van der Waals surface area contributed by atoms with E-state index in [2.05, 4.69) is 17.9 Å². The van der Waals surface area contributed by atoms with Gasteiger partial charge >= 0.3 is 0 Å². The highest BCUT2D eigenvalue weighted by Crippen LogP contribution is 2.04. The maximum atomic E-state index is 11.3. The van der Waals surface area contributed by atoms with Gasteiger partial charge in [0.25, 0.3) is 0 Å². The van der Waals surface area contributed by atoms with Crippen LogP contribution >= 0.6 is 11.9 Å². The summed E-state index contributed by atoms with van der Waals surface area (Å²) in [6, 6.07) is 0. The summed E-state index contributed by atoms with van der Waals surface area (Å²) in [6.45, 7) is 16.2. The van der Waals surface area contributed by atoms with Crippen LogP contribution in [-0.4, -0.2) is 24.4 Å². The average Bonchev–Trinajstić information content (AvgIpc) is 2.42. The van der Waals surface area contributed by atoms with Gasteiger partial charge in [0.05, 0.1) is 19.6 Å². The van der Waals surface area contributed by atoms with Crippen LogP contribution in [0.25, 0.3) is 0 Å². The number of allylic oxidation sites excluding steroid dienone is 2. The van der Waals surface area contributed by atoms with Gasteiger partial charge in [0.2, 0.25) is 5.91 Å². The molecular weight excluding hydrogens is 258 g/mol. The lowest BCUT2D eigenvalue weighted by molar-refractivity contribution is -0.120. The Morgan fingerprint density at radius 2 is 2.00 bits per heavy atom. The summed E-state index contributed by atoms with van der Waals surface area (Å²) in [5, 5.41) is 0.391. The predicted octanol–water partition coefficient (Wildman–Crippen LogP) is 3.89. The van der Waals surface area contributed by atoms with Crippen LogP contribution < -0.4 is 4.72 Å². The summed E-state index contributed by atoms with van der Waals surface area (Å²) in [7, 11) is 0. The molecule has 0 radical (unpaired) electrons. The molecule has 0 aromatic carbocycles. The SMILES string of the molecule is C=C/C=C(\C=C)COCCC(=O)NSC(C)C.CC. The lowest BCUT2D eigenvalue weighted by Crippen LogP contribution is -2.19. The maximum Gasteiger partial charge on any atom is 0.232 e. The first-order valence-corrected chi connectivity index (χ1v) is 7.44. The molecule has 0 unspecified atom stereocenters. The molecule has 19 heavy (non-hydrogen) atoms. The van der Waals surface area contributed by atoms with Gasteiger partial charge in [0.1, 0.15) is 0 Å². The number of rotatable bonds is 9. The standard InChI is InChI=1S/C13H21NO2S.C2H6/c1-5-7-12(6-2)10-16-9-8-13(15)14-17-11(3)4;1-2/h5-7,11H,1-2,8-10H2,3-4H3,(H,14,15);1-2H3/b12-7+;. The van der Waals surface area contributed by atoms with Crippen molar-refractivity contribution in [2.75, 3.05) is 13.2 Å². The summed E-state index contributed by atoms with van der Waals surface area (Å²) in [5.74, 6) is -0.00319. The predicted molar refractivity (Wildman–Crippen MR) is 86.1 cm³/mol. The molecule has 3 nitrogen and oxygen atoms in total. The van der Waals surface area contributed by atoms with E-state index in [1.807, 2.05) is 33.8 Å². The summed E-state index contributed by atoms with van der Waals surface area (Å²) < 4.78 is 8.12. The molecule has 0 aliphatic heterocycles. The van der Waals surface area contributed by atoms with Crippen LogP contribution in [0.15, 0.2) is 37.0 Å². The van der Waals surface area contributed by atoms with Gasteiger partial charge in [0.15, 0.2) is 0 Å². The number of hydrogen-bond acceptors (Lipinski definition) is 3. The number of carbonyl (C=O) groups excluding carboxylic acids is 1. The Hall–Kier alpha value is -1.00. The van der Waals surface area contributed by atoms with Gasteiger partial charge in [-0.2, -0.15) is 0 Å². The number of hydrogen-bond donors (Lipinski definition) is 1. The summed E-state index contributed by atoms with van der Waals surface area (Å²) in [4.78, 5) is 11.3. The van der Waals surface area contributed by atoms with Gasteiger partial charge in [-0.3, -0.25) is 9.52 Å². The molecule has 0 atom stereocenters. The molecule has 0 heterocycles. The number of amides is 1. The smallest absolute Gasteiger partial charge is 0.232 e. The first-order chi connectivity index (χ1) is 9.10. The van der Waals surface area contributed by atoms with Crippen LogP contribution in [0, 0.1) is 0 Å². The monoisotopic (exact) mass is 285 g/mol. The van der Waals surface area contributed by atoms with Crippen LogP contribution in [0.5, 0.6) is 0 Å². The molecular formula is C15H27NO2S. The lowest BCUT2D eigenvalue weighted by Gasteiger charge is -2.07. The molecule has 0 saturated heterocycles.